The molecule has 0 amide bonds. The van der Waals surface area contributed by atoms with Gasteiger partial charge in [0.2, 0.25) is 5.78 Å². The maximum atomic E-state index is 12.9. The maximum Gasteiger partial charge on any atom is 0.317 e. The Bertz CT molecular complexity index is 1350. The second kappa shape index (κ2) is 12.7. The summed E-state index contributed by atoms with van der Waals surface area (Å²) in [7, 11) is 0. The van der Waals surface area contributed by atoms with Crippen molar-refractivity contribution in [1.82, 2.24) is 9.47 Å². The summed E-state index contributed by atoms with van der Waals surface area (Å²) in [4.78, 5) is 26.3. The van der Waals surface area contributed by atoms with E-state index in [9.17, 15) is 14.7 Å². The van der Waals surface area contributed by atoms with Gasteiger partial charge in [-0.15, -0.1) is 0 Å². The van der Waals surface area contributed by atoms with Gasteiger partial charge in [0.25, 0.3) is 0 Å². The number of hydrogen-bond acceptors (Lipinski definition) is 3. The van der Waals surface area contributed by atoms with Crippen LogP contribution in [0.2, 0.25) is 0 Å². The molecule has 0 aliphatic carbocycles. The molecule has 1 heterocycles. The number of ketones is 1. The van der Waals surface area contributed by atoms with Crippen LogP contribution in [0.1, 0.15) is 38.3 Å². The fraction of sp³-hybridized carbons (Fsp3) is 0.188. The van der Waals surface area contributed by atoms with E-state index in [1.54, 1.807) is 0 Å². The third-order valence-electron chi connectivity index (χ3n) is 6.26. The smallest absolute Gasteiger partial charge is 0.317 e. The van der Waals surface area contributed by atoms with E-state index in [1.807, 2.05) is 108 Å². The van der Waals surface area contributed by atoms with Gasteiger partial charge in [0, 0.05) is 31.4 Å². The van der Waals surface area contributed by atoms with Crippen molar-refractivity contribution in [3.63, 3.8) is 0 Å². The Morgan fingerprint density at radius 2 is 1.65 bits per heavy atom. The molecule has 0 spiro atoms. The molecule has 0 fully saturated rings. The molecule has 0 unspecified atom stereocenters. The van der Waals surface area contributed by atoms with Crippen molar-refractivity contribution in [3.8, 4) is 0 Å². The largest absolute Gasteiger partial charge is 0.480 e. The topological polar surface area (TPSA) is 62.5 Å². The van der Waals surface area contributed by atoms with Crippen LogP contribution in [-0.4, -0.2) is 39.4 Å². The molecular weight excluding hydrogens is 460 g/mol. The second-order valence-corrected chi connectivity index (χ2v) is 9.23. The van der Waals surface area contributed by atoms with Crippen LogP contribution in [-0.2, 0) is 24.3 Å². The zero-order valence-corrected chi connectivity index (χ0v) is 21.1. The minimum Gasteiger partial charge on any atom is -0.480 e. The third-order valence-corrected chi connectivity index (χ3v) is 6.26. The number of benzene rings is 3. The molecule has 1 N–H and O–H groups in total. The Labute approximate surface area is 218 Å². The number of aromatic nitrogens is 1. The number of aryl methyl sites for hydroxylation is 1. The van der Waals surface area contributed by atoms with Crippen LogP contribution in [0.25, 0.3) is 6.08 Å². The quantitative estimate of drug-likeness (QED) is 0.251. The van der Waals surface area contributed by atoms with E-state index >= 15 is 0 Å². The van der Waals surface area contributed by atoms with Crippen LogP contribution in [0.5, 0.6) is 0 Å². The van der Waals surface area contributed by atoms with Crippen molar-refractivity contribution in [2.45, 2.75) is 26.4 Å². The summed E-state index contributed by atoms with van der Waals surface area (Å²) < 4.78 is 1.95. The van der Waals surface area contributed by atoms with Crippen LogP contribution in [0.3, 0.4) is 0 Å². The average Bonchev–Trinajstić information content (AvgIpc) is 3.36. The van der Waals surface area contributed by atoms with Crippen molar-refractivity contribution in [3.05, 3.63) is 137 Å². The van der Waals surface area contributed by atoms with Gasteiger partial charge in [0.05, 0.1) is 12.2 Å². The van der Waals surface area contributed by atoms with Gasteiger partial charge in [0.1, 0.15) is 0 Å². The second-order valence-electron chi connectivity index (χ2n) is 9.23. The van der Waals surface area contributed by atoms with Crippen molar-refractivity contribution >= 4 is 17.8 Å². The van der Waals surface area contributed by atoms with Gasteiger partial charge < -0.3 is 9.67 Å². The van der Waals surface area contributed by atoms with Gasteiger partial charge in [-0.2, -0.15) is 0 Å². The first-order valence-electron chi connectivity index (χ1n) is 12.5. The SMILES string of the molecule is Cc1ccc(C(=O)c2cccn2C/C=C/c2cccc(CN(CCc3ccccc3)CC(=O)O)c2)cc1. The van der Waals surface area contributed by atoms with Gasteiger partial charge in [-0.3, -0.25) is 14.5 Å². The van der Waals surface area contributed by atoms with E-state index in [-0.39, 0.29) is 12.3 Å². The predicted molar refractivity (Wildman–Crippen MR) is 148 cm³/mol. The molecule has 3 aromatic carbocycles. The first-order chi connectivity index (χ1) is 18.0. The summed E-state index contributed by atoms with van der Waals surface area (Å²) in [5.41, 5.74) is 5.76. The van der Waals surface area contributed by atoms with E-state index in [0.717, 1.165) is 23.1 Å². The minimum atomic E-state index is -0.827. The Morgan fingerprint density at radius 3 is 2.41 bits per heavy atom. The van der Waals surface area contributed by atoms with Gasteiger partial charge in [0.15, 0.2) is 0 Å². The van der Waals surface area contributed by atoms with E-state index in [1.165, 1.54) is 5.56 Å². The molecule has 5 heteroatoms. The molecule has 0 aliphatic rings. The number of carbonyl (C=O) groups is 2. The van der Waals surface area contributed by atoms with Gasteiger partial charge in [-0.05, 0) is 42.2 Å². The van der Waals surface area contributed by atoms with Crippen molar-refractivity contribution in [2.75, 3.05) is 13.1 Å². The molecule has 4 aromatic rings. The molecule has 4 rings (SSSR count). The molecule has 0 saturated carbocycles. The highest BCUT2D eigenvalue weighted by molar-refractivity contribution is 6.08. The number of allylic oxidation sites excluding steroid dienone is 1. The van der Waals surface area contributed by atoms with Crippen LogP contribution < -0.4 is 0 Å². The standard InChI is InChI=1S/C32H32N2O3/c1-25-14-16-29(17-15-25)32(37)30-13-7-20-34(30)19-6-12-27-10-5-11-28(22-27)23-33(24-31(35)36)21-18-26-8-3-2-4-9-26/h2-17,20,22H,18-19,21,23-24H2,1H3,(H,35,36)/b12-6+. The lowest BCUT2D eigenvalue weighted by atomic mass is 10.1. The monoisotopic (exact) mass is 492 g/mol. The highest BCUT2D eigenvalue weighted by Gasteiger charge is 2.13. The number of carboxylic acid groups (broad SMARTS) is 1. The Morgan fingerprint density at radius 1 is 0.892 bits per heavy atom. The van der Waals surface area contributed by atoms with Crippen LogP contribution in [0, 0.1) is 6.92 Å². The summed E-state index contributed by atoms with van der Waals surface area (Å²) in [5, 5.41) is 9.39. The molecule has 5 nitrogen and oxygen atoms in total. The molecule has 0 saturated heterocycles. The summed E-state index contributed by atoms with van der Waals surface area (Å²) in [6.45, 7) is 3.81. The van der Waals surface area contributed by atoms with E-state index < -0.39 is 5.97 Å². The summed E-state index contributed by atoms with van der Waals surface area (Å²) in [6.07, 6.45) is 6.79. The molecule has 37 heavy (non-hydrogen) atoms. The average molecular weight is 493 g/mol. The van der Waals surface area contributed by atoms with Crippen LogP contribution in [0.15, 0.2) is 103 Å². The van der Waals surface area contributed by atoms with E-state index in [0.29, 0.717) is 30.9 Å². The number of rotatable bonds is 12. The molecule has 0 aliphatic heterocycles. The summed E-state index contributed by atoms with van der Waals surface area (Å²) >= 11 is 0. The fourth-order valence-electron chi connectivity index (χ4n) is 4.33. The lowest BCUT2D eigenvalue weighted by Gasteiger charge is -2.20. The summed E-state index contributed by atoms with van der Waals surface area (Å²) in [5.74, 6) is -0.818. The zero-order valence-electron chi connectivity index (χ0n) is 21.1. The number of hydrogen-bond donors (Lipinski definition) is 1. The maximum absolute atomic E-state index is 12.9. The molecule has 0 radical (unpaired) electrons. The predicted octanol–water partition coefficient (Wildman–Crippen LogP) is 5.87. The normalized spacial score (nSPS) is 11.3. The Hall–Kier alpha value is -4.22. The zero-order chi connectivity index (χ0) is 26.0. The number of aliphatic carboxylic acids is 1. The molecule has 0 atom stereocenters. The number of carboxylic acids is 1. The summed E-state index contributed by atoms with van der Waals surface area (Å²) in [6, 6.07) is 29.6. The van der Waals surface area contributed by atoms with E-state index in [2.05, 4.69) is 18.2 Å². The molecular formula is C32H32N2O3. The van der Waals surface area contributed by atoms with Crippen LogP contribution >= 0.6 is 0 Å². The van der Waals surface area contributed by atoms with Crippen molar-refractivity contribution in [1.29, 1.82) is 0 Å². The van der Waals surface area contributed by atoms with Crippen molar-refractivity contribution < 1.29 is 14.7 Å². The fourth-order valence-corrected chi connectivity index (χ4v) is 4.33. The van der Waals surface area contributed by atoms with Crippen molar-refractivity contribution in [2.24, 2.45) is 0 Å². The Balaban J connectivity index is 1.39. The lowest BCUT2D eigenvalue weighted by molar-refractivity contribution is -0.138. The first kappa shape index (κ1) is 25.9. The number of carbonyl (C=O) groups excluding carboxylic acids is 1. The van der Waals surface area contributed by atoms with Gasteiger partial charge in [-0.1, -0.05) is 96.6 Å². The molecule has 1 aromatic heterocycles. The number of nitrogens with zero attached hydrogens (tertiary/aromatic N) is 2. The van der Waals surface area contributed by atoms with E-state index in [4.69, 9.17) is 0 Å². The van der Waals surface area contributed by atoms with Gasteiger partial charge in [-0.25, -0.2) is 0 Å². The molecule has 188 valence electrons. The van der Waals surface area contributed by atoms with Crippen LogP contribution in [0.4, 0.5) is 0 Å². The lowest BCUT2D eigenvalue weighted by Crippen LogP contribution is -2.31. The highest BCUT2D eigenvalue weighted by atomic mass is 16.4. The minimum absolute atomic E-state index is 0.00167. The highest BCUT2D eigenvalue weighted by Crippen LogP contribution is 2.14. The Kier molecular flexibility index (Phi) is 8.84. The third kappa shape index (κ3) is 7.63. The molecule has 0 bridgehead atoms. The van der Waals surface area contributed by atoms with Gasteiger partial charge >= 0.3 is 5.97 Å². The first-order valence-corrected chi connectivity index (χ1v) is 12.5.